The summed E-state index contributed by atoms with van der Waals surface area (Å²) >= 11 is 1.45. The molecule has 2 heterocycles. The van der Waals surface area contributed by atoms with Crippen molar-refractivity contribution in [3.05, 3.63) is 72.0 Å². The van der Waals surface area contributed by atoms with Gasteiger partial charge in [0.2, 0.25) is 5.76 Å². The summed E-state index contributed by atoms with van der Waals surface area (Å²) in [5.41, 5.74) is 1.52. The minimum Gasteiger partial charge on any atom is -0.450 e. The summed E-state index contributed by atoms with van der Waals surface area (Å²) in [6.45, 7) is -0.504. The molecule has 2 aromatic heterocycles. The SMILES string of the molecule is N#Cc1ccccc1NC(=O)COC(=O)c1ccc(-c2nc3ccccc3s2)o1. The first-order chi connectivity index (χ1) is 14.1. The van der Waals surface area contributed by atoms with Crippen LogP contribution in [-0.2, 0) is 9.53 Å². The molecule has 0 spiro atoms. The predicted octanol–water partition coefficient (Wildman–Crippen LogP) is 4.22. The molecule has 0 unspecified atom stereocenters. The second kappa shape index (κ2) is 7.96. The van der Waals surface area contributed by atoms with Crippen LogP contribution < -0.4 is 5.32 Å². The lowest BCUT2D eigenvalue weighted by Gasteiger charge is -2.06. The molecule has 7 nitrogen and oxygen atoms in total. The van der Waals surface area contributed by atoms with Crippen molar-refractivity contribution in [2.45, 2.75) is 0 Å². The third-order valence-corrected chi connectivity index (χ3v) is 5.02. The highest BCUT2D eigenvalue weighted by molar-refractivity contribution is 7.21. The summed E-state index contributed by atoms with van der Waals surface area (Å²) in [6, 6.07) is 19.3. The van der Waals surface area contributed by atoms with Crippen molar-refractivity contribution in [1.29, 1.82) is 5.26 Å². The number of hydrogen-bond acceptors (Lipinski definition) is 7. The number of rotatable bonds is 5. The van der Waals surface area contributed by atoms with E-state index in [1.54, 1.807) is 30.3 Å². The highest BCUT2D eigenvalue weighted by Gasteiger charge is 2.17. The summed E-state index contributed by atoms with van der Waals surface area (Å²) in [5, 5.41) is 12.2. The molecule has 1 N–H and O–H groups in total. The first-order valence-corrected chi connectivity index (χ1v) is 9.37. The predicted molar refractivity (Wildman–Crippen MR) is 107 cm³/mol. The van der Waals surface area contributed by atoms with Gasteiger partial charge in [0.25, 0.3) is 5.91 Å². The van der Waals surface area contributed by atoms with E-state index in [1.807, 2.05) is 30.3 Å². The zero-order valence-electron chi connectivity index (χ0n) is 14.9. The van der Waals surface area contributed by atoms with Crippen LogP contribution in [0.25, 0.3) is 21.0 Å². The molecule has 0 saturated heterocycles. The normalized spacial score (nSPS) is 10.4. The van der Waals surface area contributed by atoms with Gasteiger partial charge >= 0.3 is 5.97 Å². The quantitative estimate of drug-likeness (QED) is 0.500. The van der Waals surface area contributed by atoms with Crippen LogP contribution in [0.1, 0.15) is 16.1 Å². The van der Waals surface area contributed by atoms with Crippen molar-refractivity contribution in [2.24, 2.45) is 0 Å². The number of furan rings is 1. The molecule has 0 saturated carbocycles. The number of hydrogen-bond donors (Lipinski definition) is 1. The van der Waals surface area contributed by atoms with E-state index < -0.39 is 18.5 Å². The molecule has 0 bridgehead atoms. The largest absolute Gasteiger partial charge is 0.450 e. The molecule has 1 amide bonds. The van der Waals surface area contributed by atoms with Gasteiger partial charge in [-0.15, -0.1) is 11.3 Å². The van der Waals surface area contributed by atoms with Crippen LogP contribution in [0.2, 0.25) is 0 Å². The van der Waals surface area contributed by atoms with Crippen molar-refractivity contribution < 1.29 is 18.7 Å². The van der Waals surface area contributed by atoms with E-state index in [-0.39, 0.29) is 5.76 Å². The second-order valence-corrected chi connectivity index (χ2v) is 6.96. The molecule has 0 aliphatic carbocycles. The summed E-state index contributed by atoms with van der Waals surface area (Å²) in [4.78, 5) is 28.7. The topological polar surface area (TPSA) is 105 Å². The van der Waals surface area contributed by atoms with Crippen LogP contribution in [0.3, 0.4) is 0 Å². The van der Waals surface area contributed by atoms with E-state index in [0.717, 1.165) is 10.2 Å². The fourth-order valence-electron chi connectivity index (χ4n) is 2.62. The second-order valence-electron chi connectivity index (χ2n) is 5.93. The van der Waals surface area contributed by atoms with Gasteiger partial charge in [0, 0.05) is 0 Å². The van der Waals surface area contributed by atoms with E-state index in [9.17, 15) is 9.59 Å². The Morgan fingerprint density at radius 2 is 1.90 bits per heavy atom. The monoisotopic (exact) mass is 403 g/mol. The van der Waals surface area contributed by atoms with Crippen LogP contribution in [0, 0.1) is 11.3 Å². The van der Waals surface area contributed by atoms with Crippen LogP contribution in [-0.4, -0.2) is 23.5 Å². The Balaban J connectivity index is 1.39. The van der Waals surface area contributed by atoms with Gasteiger partial charge in [-0.05, 0) is 36.4 Å². The highest BCUT2D eigenvalue weighted by Crippen LogP contribution is 2.31. The number of ether oxygens (including phenoxy) is 1. The van der Waals surface area contributed by atoms with E-state index in [2.05, 4.69) is 10.3 Å². The molecular weight excluding hydrogens is 390 g/mol. The van der Waals surface area contributed by atoms with Crippen LogP contribution >= 0.6 is 11.3 Å². The molecular formula is C21H13N3O4S. The molecule has 0 fully saturated rings. The van der Waals surface area contributed by atoms with Crippen molar-refractivity contribution in [2.75, 3.05) is 11.9 Å². The number of aromatic nitrogens is 1. The molecule has 0 radical (unpaired) electrons. The molecule has 0 aliphatic rings. The number of thiazole rings is 1. The van der Waals surface area contributed by atoms with E-state index in [4.69, 9.17) is 14.4 Å². The van der Waals surface area contributed by atoms with Gasteiger partial charge in [0.1, 0.15) is 6.07 Å². The number of nitrogens with one attached hydrogen (secondary N) is 1. The molecule has 2 aromatic carbocycles. The zero-order chi connectivity index (χ0) is 20.2. The number of nitriles is 1. The average Bonchev–Trinajstić information content (AvgIpc) is 3.39. The maximum Gasteiger partial charge on any atom is 0.374 e. The molecule has 142 valence electrons. The van der Waals surface area contributed by atoms with E-state index in [0.29, 0.717) is 22.0 Å². The molecule has 4 aromatic rings. The van der Waals surface area contributed by atoms with E-state index in [1.165, 1.54) is 17.4 Å². The Morgan fingerprint density at radius 1 is 1.10 bits per heavy atom. The summed E-state index contributed by atoms with van der Waals surface area (Å²) in [6.07, 6.45) is 0. The lowest BCUT2D eigenvalue weighted by Crippen LogP contribution is -2.21. The average molecular weight is 403 g/mol. The Bertz CT molecular complexity index is 1220. The third kappa shape index (κ3) is 4.00. The first-order valence-electron chi connectivity index (χ1n) is 8.56. The third-order valence-electron chi connectivity index (χ3n) is 3.97. The summed E-state index contributed by atoms with van der Waals surface area (Å²) in [7, 11) is 0. The van der Waals surface area contributed by atoms with Gasteiger partial charge in [-0.3, -0.25) is 4.79 Å². The molecule has 29 heavy (non-hydrogen) atoms. The Hall–Kier alpha value is -3.96. The van der Waals surface area contributed by atoms with Crippen molar-refractivity contribution >= 4 is 39.1 Å². The van der Waals surface area contributed by atoms with Crippen molar-refractivity contribution in [1.82, 2.24) is 4.98 Å². The number of amides is 1. The van der Waals surface area contributed by atoms with Gasteiger partial charge in [-0.1, -0.05) is 24.3 Å². The number of esters is 1. The zero-order valence-corrected chi connectivity index (χ0v) is 15.7. The minimum absolute atomic E-state index is 0.0236. The fourth-order valence-corrected chi connectivity index (χ4v) is 3.55. The van der Waals surface area contributed by atoms with Gasteiger partial charge in [0.05, 0.1) is 21.5 Å². The van der Waals surface area contributed by atoms with Gasteiger partial charge in [-0.25, -0.2) is 9.78 Å². The Morgan fingerprint density at radius 3 is 2.72 bits per heavy atom. The highest BCUT2D eigenvalue weighted by atomic mass is 32.1. The molecule has 8 heteroatoms. The summed E-state index contributed by atoms with van der Waals surface area (Å²) in [5.74, 6) is -0.893. The lowest BCUT2D eigenvalue weighted by molar-refractivity contribution is -0.119. The summed E-state index contributed by atoms with van der Waals surface area (Å²) < 4.78 is 11.6. The Kier molecular flexibility index (Phi) is 5.05. The van der Waals surface area contributed by atoms with Gasteiger partial charge < -0.3 is 14.5 Å². The van der Waals surface area contributed by atoms with Crippen molar-refractivity contribution in [3.63, 3.8) is 0 Å². The number of carbonyl (C=O) groups excluding carboxylic acids is 2. The maximum atomic E-state index is 12.2. The number of fused-ring (bicyclic) bond motifs is 1. The Labute approximate surface area is 169 Å². The number of carbonyl (C=O) groups is 2. The molecule has 4 rings (SSSR count). The van der Waals surface area contributed by atoms with Crippen molar-refractivity contribution in [3.8, 4) is 16.8 Å². The number of para-hydroxylation sites is 2. The van der Waals surface area contributed by atoms with E-state index >= 15 is 0 Å². The minimum atomic E-state index is -0.763. The van der Waals surface area contributed by atoms with Crippen LogP contribution in [0.5, 0.6) is 0 Å². The number of anilines is 1. The lowest BCUT2D eigenvalue weighted by atomic mass is 10.2. The maximum absolute atomic E-state index is 12.2. The molecule has 0 aliphatic heterocycles. The van der Waals surface area contributed by atoms with Crippen LogP contribution in [0.4, 0.5) is 5.69 Å². The van der Waals surface area contributed by atoms with Gasteiger partial charge in [-0.2, -0.15) is 5.26 Å². The van der Waals surface area contributed by atoms with Gasteiger partial charge in [0.15, 0.2) is 17.4 Å². The fraction of sp³-hybridized carbons (Fsp3) is 0.0476. The number of nitrogens with zero attached hydrogens (tertiary/aromatic N) is 2. The van der Waals surface area contributed by atoms with Crippen LogP contribution in [0.15, 0.2) is 65.1 Å². The smallest absolute Gasteiger partial charge is 0.374 e. The molecule has 0 atom stereocenters. The first kappa shape index (κ1) is 18.4. The number of benzene rings is 2. The standard InChI is InChI=1S/C21H13N3O4S/c22-11-13-5-1-2-6-14(13)23-19(25)12-27-21(26)17-10-9-16(28-17)20-24-15-7-3-4-8-18(15)29-20/h1-10H,12H2,(H,23,25).